The van der Waals surface area contributed by atoms with Crippen LogP contribution in [0.1, 0.15) is 43.5 Å². The lowest BCUT2D eigenvalue weighted by Gasteiger charge is -1.97. The Labute approximate surface area is 268 Å². The maximum absolute atomic E-state index is 6.08. The molecular formula is C40H45N5. The highest BCUT2D eigenvalue weighted by Crippen LogP contribution is 2.15. The molecule has 0 aliphatic carbocycles. The summed E-state index contributed by atoms with van der Waals surface area (Å²) < 4.78 is 0. The smallest absolute Gasteiger partial charge is 0.0705 e. The molecule has 5 heteroatoms. The van der Waals surface area contributed by atoms with E-state index in [1.54, 1.807) is 13.1 Å². The van der Waals surface area contributed by atoms with Gasteiger partial charge in [0.25, 0.3) is 0 Å². The van der Waals surface area contributed by atoms with Crippen LogP contribution in [-0.2, 0) is 0 Å². The van der Waals surface area contributed by atoms with Crippen LogP contribution in [0.4, 0.5) is 0 Å². The van der Waals surface area contributed by atoms with Crippen molar-refractivity contribution in [1.82, 2.24) is 19.9 Å². The van der Waals surface area contributed by atoms with Gasteiger partial charge in [0.1, 0.15) is 0 Å². The summed E-state index contributed by atoms with van der Waals surface area (Å²) in [6.45, 7) is 13.7. The first-order valence-electron chi connectivity index (χ1n) is 15.2. The average molecular weight is 596 g/mol. The number of fused-ring (bicyclic) bond motifs is 3. The van der Waals surface area contributed by atoms with Crippen molar-refractivity contribution < 1.29 is 0 Å². The van der Waals surface area contributed by atoms with Gasteiger partial charge in [-0.2, -0.15) is 0 Å². The quantitative estimate of drug-likeness (QED) is 0.177. The van der Waals surface area contributed by atoms with E-state index in [1.807, 2.05) is 127 Å². The predicted octanol–water partition coefficient (Wildman–Crippen LogP) is 10.7. The highest BCUT2D eigenvalue weighted by atomic mass is 14.7. The normalized spacial score (nSPS) is 9.31. The number of aryl methyl sites for hydroxylation is 4. The van der Waals surface area contributed by atoms with Crippen molar-refractivity contribution in [3.05, 3.63) is 157 Å². The van der Waals surface area contributed by atoms with E-state index >= 15 is 0 Å². The summed E-state index contributed by atoms with van der Waals surface area (Å²) in [6, 6.07) is 38.8. The fourth-order valence-electron chi connectivity index (χ4n) is 4.08. The molecule has 230 valence electrons. The summed E-state index contributed by atoms with van der Waals surface area (Å²) in [5, 5.41) is 12.3. The second-order valence-corrected chi connectivity index (χ2v) is 9.70. The van der Waals surface area contributed by atoms with E-state index in [-0.39, 0.29) is 0 Å². The van der Waals surface area contributed by atoms with Crippen LogP contribution in [0.5, 0.6) is 0 Å². The van der Waals surface area contributed by atoms with Gasteiger partial charge in [-0.3, -0.25) is 19.9 Å². The maximum Gasteiger partial charge on any atom is 0.0705 e. The lowest BCUT2D eigenvalue weighted by Crippen LogP contribution is -1.80. The van der Waals surface area contributed by atoms with Crippen molar-refractivity contribution >= 4 is 38.7 Å². The molecule has 0 unspecified atom stereocenters. The van der Waals surface area contributed by atoms with E-state index in [0.29, 0.717) is 0 Å². The fourth-order valence-corrected chi connectivity index (χ4v) is 4.08. The molecular weight excluding hydrogens is 550 g/mol. The van der Waals surface area contributed by atoms with E-state index < -0.39 is 0 Å². The first-order chi connectivity index (χ1) is 21.9. The Balaban J connectivity index is 0.000000201. The Kier molecular flexibility index (Phi) is 16.4. The van der Waals surface area contributed by atoms with Crippen molar-refractivity contribution in [2.45, 2.75) is 48.5 Å². The Bertz CT molecular complexity index is 1760. The van der Waals surface area contributed by atoms with E-state index in [0.717, 1.165) is 28.3 Å². The molecule has 4 aromatic heterocycles. The topological polar surface area (TPSA) is 75.4 Å². The van der Waals surface area contributed by atoms with Gasteiger partial charge in [0.05, 0.1) is 5.52 Å². The van der Waals surface area contributed by atoms with Crippen LogP contribution >= 0.6 is 0 Å². The summed E-state index contributed by atoms with van der Waals surface area (Å²) in [4.78, 5) is 16.8. The van der Waals surface area contributed by atoms with E-state index in [9.17, 15) is 0 Å². The minimum Gasteiger partial charge on any atom is -0.313 e. The summed E-state index contributed by atoms with van der Waals surface area (Å²) in [6.07, 6.45) is 6.79. The number of hydrogen-bond donors (Lipinski definition) is 1. The average Bonchev–Trinajstić information content (AvgIpc) is 3.07. The van der Waals surface area contributed by atoms with Crippen LogP contribution in [0, 0.1) is 33.1 Å². The Morgan fingerprint density at radius 2 is 1.11 bits per heavy atom. The molecule has 3 aromatic carbocycles. The molecule has 7 aromatic rings. The lowest BCUT2D eigenvalue weighted by atomic mass is 10.1. The Hall–Kier alpha value is -5.29. The molecule has 1 N–H and O–H groups in total. The van der Waals surface area contributed by atoms with Crippen LogP contribution in [0.3, 0.4) is 0 Å². The molecule has 0 aliphatic heterocycles. The van der Waals surface area contributed by atoms with Crippen molar-refractivity contribution in [3.8, 4) is 0 Å². The van der Waals surface area contributed by atoms with Crippen LogP contribution in [0.15, 0.2) is 134 Å². The van der Waals surface area contributed by atoms with Crippen LogP contribution in [-0.4, -0.2) is 26.2 Å². The molecule has 0 spiro atoms. The number of pyridine rings is 4. The Morgan fingerprint density at radius 1 is 0.511 bits per heavy atom. The highest BCUT2D eigenvalue weighted by molar-refractivity contribution is 5.84. The third kappa shape index (κ3) is 12.9. The summed E-state index contributed by atoms with van der Waals surface area (Å²) in [5.74, 6) is 0. The molecule has 0 bridgehead atoms. The number of nitrogens with one attached hydrogen (secondary N) is 1. The van der Waals surface area contributed by atoms with E-state index in [1.165, 1.54) is 33.1 Å². The third-order valence-electron chi connectivity index (χ3n) is 6.19. The minimum absolute atomic E-state index is 1.07. The second kappa shape index (κ2) is 20.6. The number of rotatable bonds is 0. The minimum atomic E-state index is 1.07. The van der Waals surface area contributed by atoms with Gasteiger partial charge < -0.3 is 5.41 Å². The zero-order chi connectivity index (χ0) is 32.9. The van der Waals surface area contributed by atoms with Gasteiger partial charge in [-0.1, -0.05) is 92.7 Å². The third-order valence-corrected chi connectivity index (χ3v) is 6.19. The highest BCUT2D eigenvalue weighted by Gasteiger charge is 1.94. The number of para-hydroxylation sites is 1. The van der Waals surface area contributed by atoms with Crippen LogP contribution < -0.4 is 0 Å². The molecule has 0 aliphatic rings. The van der Waals surface area contributed by atoms with Gasteiger partial charge in [0, 0.05) is 57.5 Å². The summed E-state index contributed by atoms with van der Waals surface area (Å²) >= 11 is 0. The molecule has 0 fully saturated rings. The molecule has 4 heterocycles. The summed E-state index contributed by atoms with van der Waals surface area (Å²) in [7, 11) is 0. The number of hydrogen-bond acceptors (Lipinski definition) is 5. The zero-order valence-electron chi connectivity index (χ0n) is 27.6. The van der Waals surface area contributed by atoms with Crippen molar-refractivity contribution in [1.29, 1.82) is 5.41 Å². The SMILES string of the molecule is CC.CC=N.Cc1cc2ccccc2cn1.Cc1ccc2ccccc2n1.Cc1ccccn1.Cc1nccc2ccccc12. The molecule has 0 saturated heterocycles. The molecule has 7 rings (SSSR count). The number of aromatic nitrogens is 4. The fraction of sp³-hybridized carbons (Fsp3) is 0.175. The largest absolute Gasteiger partial charge is 0.313 e. The predicted molar refractivity (Wildman–Crippen MR) is 194 cm³/mol. The molecule has 45 heavy (non-hydrogen) atoms. The Morgan fingerprint density at radius 3 is 1.73 bits per heavy atom. The van der Waals surface area contributed by atoms with Gasteiger partial charge >= 0.3 is 0 Å². The zero-order valence-corrected chi connectivity index (χ0v) is 27.6. The second-order valence-electron chi connectivity index (χ2n) is 9.70. The van der Waals surface area contributed by atoms with Gasteiger partial charge in [0.2, 0.25) is 0 Å². The standard InChI is InChI=1S/3C10H9N.C6H7N.C2H5N.C2H6/c1-8-6-9-4-2-3-5-10(9)7-11-8;1-8-10-5-3-2-4-9(10)6-7-11-8;1-8-6-7-9-4-2-3-5-10(9)11-8;1-6-4-2-3-5-7-6;1-2-3;1-2/h3*2-7H,1H3;2-5H,1H3;2-3H,1H3;1-2H3. The maximum atomic E-state index is 6.08. The molecule has 0 atom stereocenters. The van der Waals surface area contributed by atoms with Crippen molar-refractivity contribution in [2.24, 2.45) is 0 Å². The van der Waals surface area contributed by atoms with Gasteiger partial charge in [-0.05, 0) is 88.0 Å². The monoisotopic (exact) mass is 595 g/mol. The lowest BCUT2D eigenvalue weighted by molar-refractivity contribution is 1.20. The molecule has 0 amide bonds. The molecule has 0 radical (unpaired) electrons. The number of nitrogens with zero attached hydrogens (tertiary/aromatic N) is 4. The first kappa shape index (κ1) is 35.9. The van der Waals surface area contributed by atoms with Crippen molar-refractivity contribution in [2.75, 3.05) is 0 Å². The summed E-state index contributed by atoms with van der Waals surface area (Å²) in [5.41, 5.74) is 5.39. The van der Waals surface area contributed by atoms with Gasteiger partial charge in [-0.25, -0.2) is 0 Å². The van der Waals surface area contributed by atoms with Crippen LogP contribution in [0.25, 0.3) is 32.4 Å². The van der Waals surface area contributed by atoms with E-state index in [4.69, 9.17) is 5.41 Å². The molecule has 0 saturated carbocycles. The van der Waals surface area contributed by atoms with Crippen molar-refractivity contribution in [3.63, 3.8) is 0 Å². The van der Waals surface area contributed by atoms with E-state index in [2.05, 4.69) is 62.4 Å². The van der Waals surface area contributed by atoms with Gasteiger partial charge in [-0.15, -0.1) is 0 Å². The van der Waals surface area contributed by atoms with Gasteiger partial charge in [0.15, 0.2) is 0 Å². The van der Waals surface area contributed by atoms with Crippen LogP contribution in [0.2, 0.25) is 0 Å². The number of benzene rings is 3. The first-order valence-corrected chi connectivity index (χ1v) is 15.2. The molecule has 5 nitrogen and oxygen atoms in total.